The summed E-state index contributed by atoms with van der Waals surface area (Å²) in [4.78, 5) is 22.6. The van der Waals surface area contributed by atoms with Gasteiger partial charge >= 0.3 is 7.82 Å². The van der Waals surface area contributed by atoms with Crippen LogP contribution in [0, 0.1) is 0 Å². The lowest BCUT2D eigenvalue weighted by Gasteiger charge is -2.23. The number of phosphoric acid groups is 1. The number of nitrogens with two attached hydrogens (primary N) is 1. The van der Waals surface area contributed by atoms with Crippen LogP contribution in [0.5, 0.6) is 0 Å². The third-order valence-corrected chi connectivity index (χ3v) is 9.38. The molecule has 0 fully saturated rings. The highest BCUT2D eigenvalue weighted by molar-refractivity contribution is 7.47. The first kappa shape index (κ1) is 51.4. The molecule has 9 heteroatoms. The van der Waals surface area contributed by atoms with Crippen LogP contribution in [0.25, 0.3) is 0 Å². The average Bonchev–Trinajstić information content (AvgIpc) is 3.16. The number of carbonyl (C=O) groups is 1. The molecule has 0 aliphatic heterocycles. The molecule has 308 valence electrons. The molecule has 3 unspecified atom stereocenters. The van der Waals surface area contributed by atoms with Gasteiger partial charge in [0.15, 0.2) is 0 Å². The quantitative estimate of drug-likeness (QED) is 0.0281. The maximum atomic E-state index is 12.7. The zero-order valence-electron chi connectivity index (χ0n) is 33.9. The summed E-state index contributed by atoms with van der Waals surface area (Å²) in [7, 11) is -4.38. The molecule has 0 spiro atoms. The fraction of sp³-hybridized carbons (Fsp3) is 0.622. The van der Waals surface area contributed by atoms with Crippen molar-refractivity contribution in [2.45, 2.75) is 161 Å². The van der Waals surface area contributed by atoms with Gasteiger partial charge in [0.25, 0.3) is 0 Å². The van der Waals surface area contributed by atoms with Crippen molar-refractivity contribution < 1.29 is 28.4 Å². The molecule has 0 rings (SSSR count). The molecule has 0 aliphatic carbocycles. The first-order valence-corrected chi connectivity index (χ1v) is 22.4. The van der Waals surface area contributed by atoms with Gasteiger partial charge in [-0.25, -0.2) is 4.57 Å². The normalized spacial score (nSPS) is 15.1. The Labute approximate surface area is 330 Å². The number of phosphoric ester groups is 1. The third-order valence-electron chi connectivity index (χ3n) is 8.40. The first-order chi connectivity index (χ1) is 26.4. The van der Waals surface area contributed by atoms with Crippen LogP contribution in [0.4, 0.5) is 0 Å². The highest BCUT2D eigenvalue weighted by atomic mass is 31.2. The van der Waals surface area contributed by atoms with E-state index in [1.165, 1.54) is 70.6 Å². The summed E-state index contributed by atoms with van der Waals surface area (Å²) < 4.78 is 22.0. The van der Waals surface area contributed by atoms with Crippen molar-refractivity contribution in [2.24, 2.45) is 5.73 Å². The van der Waals surface area contributed by atoms with E-state index in [1.54, 1.807) is 12.2 Å². The third kappa shape index (κ3) is 37.7. The first-order valence-electron chi connectivity index (χ1n) is 20.9. The maximum Gasteiger partial charge on any atom is 0.472 e. The van der Waals surface area contributed by atoms with E-state index < -0.39 is 26.6 Å². The summed E-state index contributed by atoms with van der Waals surface area (Å²) in [6.07, 6.45) is 54.9. The zero-order chi connectivity index (χ0) is 39.6. The van der Waals surface area contributed by atoms with E-state index in [-0.39, 0.29) is 25.5 Å². The van der Waals surface area contributed by atoms with Gasteiger partial charge in [-0.3, -0.25) is 13.8 Å². The van der Waals surface area contributed by atoms with Gasteiger partial charge in [0.05, 0.1) is 25.4 Å². The summed E-state index contributed by atoms with van der Waals surface area (Å²) in [6, 6.07) is -0.943. The van der Waals surface area contributed by atoms with E-state index in [9.17, 15) is 19.4 Å². The molecule has 5 N–H and O–H groups in total. The molecule has 0 aliphatic rings. The number of nitrogens with one attached hydrogen (secondary N) is 1. The van der Waals surface area contributed by atoms with Gasteiger partial charge in [-0.15, -0.1) is 0 Å². The van der Waals surface area contributed by atoms with Gasteiger partial charge in [-0.1, -0.05) is 169 Å². The molecule has 0 aromatic rings. The Hall–Kier alpha value is -2.58. The number of aliphatic hydroxyl groups excluding tert-OH is 1. The molecule has 0 saturated carbocycles. The lowest BCUT2D eigenvalue weighted by molar-refractivity contribution is -0.122. The highest BCUT2D eigenvalue weighted by Crippen LogP contribution is 2.43. The lowest BCUT2D eigenvalue weighted by Crippen LogP contribution is -2.45. The van der Waals surface area contributed by atoms with Gasteiger partial charge in [0, 0.05) is 13.0 Å². The van der Waals surface area contributed by atoms with Crippen LogP contribution in [-0.2, 0) is 18.4 Å². The Balaban J connectivity index is 4.47. The molecule has 0 aromatic heterocycles. The number of aliphatic hydroxyl groups is 1. The van der Waals surface area contributed by atoms with Crippen molar-refractivity contribution in [3.05, 3.63) is 97.2 Å². The minimum absolute atomic E-state index is 0.0528. The molecule has 0 heterocycles. The van der Waals surface area contributed by atoms with Crippen molar-refractivity contribution in [3.8, 4) is 0 Å². The number of rotatable bonds is 37. The van der Waals surface area contributed by atoms with Gasteiger partial charge < -0.3 is 21.1 Å². The van der Waals surface area contributed by atoms with Crippen LogP contribution in [0.15, 0.2) is 97.2 Å². The Morgan fingerprint density at radius 2 is 1.09 bits per heavy atom. The molecule has 0 saturated heterocycles. The highest BCUT2D eigenvalue weighted by Gasteiger charge is 2.26. The van der Waals surface area contributed by atoms with E-state index in [4.69, 9.17) is 14.8 Å². The molecule has 8 nitrogen and oxygen atoms in total. The molecule has 1 amide bonds. The molecule has 0 aromatic carbocycles. The number of hydrogen-bond donors (Lipinski definition) is 4. The number of amides is 1. The molecule has 3 atom stereocenters. The smallest absolute Gasteiger partial charge is 0.387 e. The van der Waals surface area contributed by atoms with Crippen LogP contribution in [0.2, 0.25) is 0 Å². The second-order valence-electron chi connectivity index (χ2n) is 13.5. The Morgan fingerprint density at radius 1 is 0.630 bits per heavy atom. The van der Waals surface area contributed by atoms with Crippen molar-refractivity contribution in [3.63, 3.8) is 0 Å². The van der Waals surface area contributed by atoms with Crippen LogP contribution < -0.4 is 11.1 Å². The SMILES string of the molecule is CC/C=C\C/C=C\C/C=C\C/C=C\C/C=C\CC(=O)NC(COP(=O)(O)OCCN)C(O)/C=C/CC/C=C/CC/C=C/CCCCCCCCCCCC. The zero-order valence-corrected chi connectivity index (χ0v) is 34.8. The number of carbonyl (C=O) groups excluding carboxylic acids is 1. The molecule has 54 heavy (non-hydrogen) atoms. The second kappa shape index (κ2) is 40.1. The van der Waals surface area contributed by atoms with Gasteiger partial charge in [0.1, 0.15) is 0 Å². The number of hydrogen-bond acceptors (Lipinski definition) is 6. The fourth-order valence-corrected chi connectivity index (χ4v) is 6.05. The van der Waals surface area contributed by atoms with E-state index in [2.05, 4.69) is 86.0 Å². The lowest BCUT2D eigenvalue weighted by atomic mass is 10.1. The van der Waals surface area contributed by atoms with Gasteiger partial charge in [0.2, 0.25) is 5.91 Å². The maximum absolute atomic E-state index is 12.7. The summed E-state index contributed by atoms with van der Waals surface area (Å²) >= 11 is 0. The monoisotopic (exact) mass is 773 g/mol. The van der Waals surface area contributed by atoms with Crippen molar-refractivity contribution in [1.29, 1.82) is 0 Å². The van der Waals surface area contributed by atoms with Crippen molar-refractivity contribution >= 4 is 13.7 Å². The summed E-state index contributed by atoms with van der Waals surface area (Å²) in [5, 5.41) is 13.5. The average molecular weight is 773 g/mol. The summed E-state index contributed by atoms with van der Waals surface area (Å²) in [6.45, 7) is 3.89. The molecular formula is C45H77N2O6P. The Morgan fingerprint density at radius 3 is 1.61 bits per heavy atom. The second-order valence-corrected chi connectivity index (χ2v) is 14.9. The minimum atomic E-state index is -4.38. The molecule has 0 radical (unpaired) electrons. The topological polar surface area (TPSA) is 131 Å². The van der Waals surface area contributed by atoms with Crippen LogP contribution in [0.1, 0.15) is 149 Å². The van der Waals surface area contributed by atoms with Gasteiger partial charge in [-0.2, -0.15) is 0 Å². The van der Waals surface area contributed by atoms with E-state index in [0.717, 1.165) is 44.9 Å². The van der Waals surface area contributed by atoms with Crippen LogP contribution in [-0.4, -0.2) is 47.8 Å². The summed E-state index contributed by atoms with van der Waals surface area (Å²) in [5.41, 5.74) is 5.35. The van der Waals surface area contributed by atoms with Crippen LogP contribution in [0.3, 0.4) is 0 Å². The standard InChI is InChI=1S/C45H77N2O6P/c1-3-5-7-9-11-13-15-17-19-20-21-22-23-25-26-28-30-32-34-36-38-44(48)43(42-53-54(50,51)52-41-40-46)47-45(49)39-37-35-33-31-29-27-24-18-16-14-12-10-8-6-4-2/h6,8,12,14,18,22-24,28-31,35-38,43-44,48H,3-5,7,9-11,13,15-17,19-21,25-27,32-34,39-42,46H2,1-2H3,(H,47,49)(H,50,51)/b8-6-,14-12-,23-22+,24-18-,30-28+,31-29-,37-35-,38-36+. The number of allylic oxidation sites excluding steroid dienone is 14. The number of unbranched alkanes of at least 4 members (excludes halogenated alkanes) is 12. The fourth-order valence-electron chi connectivity index (χ4n) is 5.29. The van der Waals surface area contributed by atoms with Crippen molar-refractivity contribution in [1.82, 2.24) is 5.32 Å². The Bertz CT molecular complexity index is 1160. The largest absolute Gasteiger partial charge is 0.472 e. The van der Waals surface area contributed by atoms with E-state index in [0.29, 0.717) is 12.8 Å². The Kier molecular flexibility index (Phi) is 38.2. The van der Waals surface area contributed by atoms with Gasteiger partial charge in [-0.05, 0) is 70.6 Å². The minimum Gasteiger partial charge on any atom is -0.387 e. The van der Waals surface area contributed by atoms with Crippen molar-refractivity contribution in [2.75, 3.05) is 19.8 Å². The van der Waals surface area contributed by atoms with E-state index in [1.807, 2.05) is 18.2 Å². The van der Waals surface area contributed by atoms with Crippen LogP contribution >= 0.6 is 7.82 Å². The molecule has 0 bridgehead atoms. The predicted molar refractivity (Wildman–Crippen MR) is 230 cm³/mol. The van der Waals surface area contributed by atoms with E-state index >= 15 is 0 Å². The summed E-state index contributed by atoms with van der Waals surface area (Å²) in [5.74, 6) is -0.339. The predicted octanol–water partition coefficient (Wildman–Crippen LogP) is 11.6. The molecular weight excluding hydrogens is 695 g/mol.